The summed E-state index contributed by atoms with van der Waals surface area (Å²) in [7, 11) is 0. The summed E-state index contributed by atoms with van der Waals surface area (Å²) >= 11 is 0. The van der Waals surface area contributed by atoms with Crippen LogP contribution in [0.1, 0.15) is 47.0 Å². The van der Waals surface area contributed by atoms with Crippen molar-refractivity contribution in [3.05, 3.63) is 0 Å². The maximum Gasteiger partial charge on any atom is 0.0303 e. The van der Waals surface area contributed by atoms with Gasteiger partial charge < -0.3 is 5.32 Å². The molecule has 0 radical (unpaired) electrons. The quantitative estimate of drug-likeness (QED) is 0.748. The Morgan fingerprint density at radius 1 is 1.29 bits per heavy atom. The molecule has 0 aromatic rings. The number of nitrogens with zero attached hydrogens (tertiary/aromatic N) is 1. The van der Waals surface area contributed by atoms with Crippen LogP contribution in [0.5, 0.6) is 0 Å². The van der Waals surface area contributed by atoms with Gasteiger partial charge in [-0.2, -0.15) is 0 Å². The molecule has 0 bridgehead atoms. The van der Waals surface area contributed by atoms with E-state index in [4.69, 9.17) is 0 Å². The molecule has 0 aliphatic carbocycles. The Morgan fingerprint density at radius 3 is 2.43 bits per heavy atom. The molecule has 0 unspecified atom stereocenters. The highest BCUT2D eigenvalue weighted by molar-refractivity contribution is 4.91. The zero-order valence-corrected chi connectivity index (χ0v) is 10.3. The summed E-state index contributed by atoms with van der Waals surface area (Å²) < 4.78 is 0. The van der Waals surface area contributed by atoms with Crippen LogP contribution in [-0.2, 0) is 0 Å². The van der Waals surface area contributed by atoms with Crippen molar-refractivity contribution >= 4 is 0 Å². The minimum atomic E-state index is 0.376. The third-order valence-corrected chi connectivity index (χ3v) is 3.71. The Labute approximate surface area is 89.1 Å². The monoisotopic (exact) mass is 198 g/mol. The van der Waals surface area contributed by atoms with Gasteiger partial charge in [0.25, 0.3) is 0 Å². The summed E-state index contributed by atoms with van der Waals surface area (Å²) in [6.45, 7) is 12.9. The van der Waals surface area contributed by atoms with Crippen molar-refractivity contribution in [3.8, 4) is 0 Å². The topological polar surface area (TPSA) is 15.3 Å². The van der Waals surface area contributed by atoms with Gasteiger partial charge in [-0.1, -0.05) is 13.8 Å². The second-order valence-corrected chi connectivity index (χ2v) is 4.83. The normalized spacial score (nSPS) is 23.8. The van der Waals surface area contributed by atoms with Crippen LogP contribution in [0, 0.1) is 0 Å². The summed E-state index contributed by atoms with van der Waals surface area (Å²) in [5.74, 6) is 0. The molecule has 2 nitrogen and oxygen atoms in total. The fourth-order valence-electron chi connectivity index (χ4n) is 2.32. The first kappa shape index (κ1) is 12.0. The molecule has 1 aliphatic rings. The van der Waals surface area contributed by atoms with Gasteiger partial charge in [0.2, 0.25) is 0 Å². The van der Waals surface area contributed by atoms with E-state index in [1.807, 2.05) is 0 Å². The van der Waals surface area contributed by atoms with Crippen LogP contribution in [0.2, 0.25) is 0 Å². The fourth-order valence-corrected chi connectivity index (χ4v) is 2.32. The molecular weight excluding hydrogens is 172 g/mol. The lowest BCUT2D eigenvalue weighted by molar-refractivity contribution is 0.165. The van der Waals surface area contributed by atoms with Gasteiger partial charge in [0.15, 0.2) is 0 Å². The van der Waals surface area contributed by atoms with Crippen molar-refractivity contribution in [2.24, 2.45) is 0 Å². The molecule has 84 valence electrons. The predicted molar refractivity (Wildman–Crippen MR) is 62.6 cm³/mol. The van der Waals surface area contributed by atoms with Gasteiger partial charge in [-0.25, -0.2) is 0 Å². The van der Waals surface area contributed by atoms with E-state index in [9.17, 15) is 0 Å². The molecule has 1 saturated heterocycles. The van der Waals surface area contributed by atoms with Gasteiger partial charge in [0.05, 0.1) is 0 Å². The standard InChI is InChI=1S/C12H26N2/c1-5-12(6-2)10-14(11(3)4)9-7-8-13-12/h11,13H,5-10H2,1-4H3. The molecule has 1 heterocycles. The maximum atomic E-state index is 3.74. The summed E-state index contributed by atoms with van der Waals surface area (Å²) in [6.07, 6.45) is 3.78. The van der Waals surface area contributed by atoms with Gasteiger partial charge in [0, 0.05) is 18.1 Å². The van der Waals surface area contributed by atoms with Crippen molar-refractivity contribution in [1.82, 2.24) is 10.2 Å². The average Bonchev–Trinajstić information content (AvgIpc) is 2.40. The summed E-state index contributed by atoms with van der Waals surface area (Å²) in [5.41, 5.74) is 0.376. The summed E-state index contributed by atoms with van der Waals surface area (Å²) in [5, 5.41) is 3.74. The Bertz CT molecular complexity index is 162. The van der Waals surface area contributed by atoms with E-state index < -0.39 is 0 Å². The smallest absolute Gasteiger partial charge is 0.0303 e. The van der Waals surface area contributed by atoms with E-state index in [1.54, 1.807) is 0 Å². The van der Waals surface area contributed by atoms with Gasteiger partial charge in [-0.3, -0.25) is 4.90 Å². The maximum absolute atomic E-state index is 3.74. The van der Waals surface area contributed by atoms with E-state index in [1.165, 1.54) is 38.9 Å². The minimum Gasteiger partial charge on any atom is -0.310 e. The Balaban J connectivity index is 2.67. The van der Waals surface area contributed by atoms with Crippen LogP contribution in [-0.4, -0.2) is 36.1 Å². The highest BCUT2D eigenvalue weighted by Crippen LogP contribution is 2.20. The molecule has 2 heteroatoms. The van der Waals surface area contributed by atoms with E-state index in [2.05, 4.69) is 37.9 Å². The Morgan fingerprint density at radius 2 is 1.93 bits per heavy atom. The van der Waals surface area contributed by atoms with Crippen LogP contribution < -0.4 is 5.32 Å². The van der Waals surface area contributed by atoms with Crippen LogP contribution in [0.25, 0.3) is 0 Å². The third-order valence-electron chi connectivity index (χ3n) is 3.71. The number of hydrogen-bond donors (Lipinski definition) is 1. The predicted octanol–water partition coefficient (Wildman–Crippen LogP) is 2.25. The lowest BCUT2D eigenvalue weighted by Gasteiger charge is -2.37. The molecular formula is C12H26N2. The second kappa shape index (κ2) is 5.13. The van der Waals surface area contributed by atoms with Gasteiger partial charge in [-0.15, -0.1) is 0 Å². The molecule has 1 fully saturated rings. The SMILES string of the molecule is CCC1(CC)CN(C(C)C)CCCN1. The van der Waals surface area contributed by atoms with Gasteiger partial charge >= 0.3 is 0 Å². The van der Waals surface area contributed by atoms with Crippen LogP contribution in [0.3, 0.4) is 0 Å². The van der Waals surface area contributed by atoms with Crippen LogP contribution >= 0.6 is 0 Å². The first-order chi connectivity index (χ1) is 6.63. The third kappa shape index (κ3) is 2.71. The van der Waals surface area contributed by atoms with Crippen molar-refractivity contribution in [1.29, 1.82) is 0 Å². The zero-order chi connectivity index (χ0) is 10.6. The van der Waals surface area contributed by atoms with Gasteiger partial charge in [0.1, 0.15) is 0 Å². The largest absolute Gasteiger partial charge is 0.310 e. The lowest BCUT2D eigenvalue weighted by atomic mass is 9.92. The molecule has 0 spiro atoms. The molecule has 1 N–H and O–H groups in total. The minimum absolute atomic E-state index is 0.376. The van der Waals surface area contributed by atoms with Crippen LogP contribution in [0.15, 0.2) is 0 Å². The van der Waals surface area contributed by atoms with Crippen molar-refractivity contribution < 1.29 is 0 Å². The molecule has 0 aromatic carbocycles. The Hall–Kier alpha value is -0.0800. The highest BCUT2D eigenvalue weighted by Gasteiger charge is 2.30. The van der Waals surface area contributed by atoms with E-state index in [-0.39, 0.29) is 0 Å². The highest BCUT2D eigenvalue weighted by atomic mass is 15.2. The van der Waals surface area contributed by atoms with E-state index in [0.29, 0.717) is 11.6 Å². The van der Waals surface area contributed by atoms with Crippen molar-refractivity contribution in [2.75, 3.05) is 19.6 Å². The summed E-state index contributed by atoms with van der Waals surface area (Å²) in [6, 6.07) is 0.687. The van der Waals surface area contributed by atoms with Crippen molar-refractivity contribution in [3.63, 3.8) is 0 Å². The number of rotatable bonds is 3. The number of hydrogen-bond acceptors (Lipinski definition) is 2. The lowest BCUT2D eigenvalue weighted by Crippen LogP contribution is -2.51. The zero-order valence-electron chi connectivity index (χ0n) is 10.3. The molecule has 1 aliphatic heterocycles. The molecule has 0 atom stereocenters. The van der Waals surface area contributed by atoms with E-state index >= 15 is 0 Å². The Kier molecular flexibility index (Phi) is 4.39. The number of nitrogens with one attached hydrogen (secondary N) is 1. The molecule has 0 amide bonds. The summed E-state index contributed by atoms with van der Waals surface area (Å²) in [4.78, 5) is 2.62. The molecule has 0 saturated carbocycles. The molecule has 1 rings (SSSR count). The van der Waals surface area contributed by atoms with Gasteiger partial charge in [-0.05, 0) is 46.2 Å². The van der Waals surface area contributed by atoms with Crippen LogP contribution in [0.4, 0.5) is 0 Å². The van der Waals surface area contributed by atoms with Crippen molar-refractivity contribution in [2.45, 2.75) is 58.5 Å². The average molecular weight is 198 g/mol. The van der Waals surface area contributed by atoms with E-state index in [0.717, 1.165) is 0 Å². The molecule has 0 aromatic heterocycles. The molecule has 14 heavy (non-hydrogen) atoms. The fraction of sp³-hybridized carbons (Fsp3) is 1.00. The first-order valence-electron chi connectivity index (χ1n) is 6.12. The first-order valence-corrected chi connectivity index (χ1v) is 6.12. The second-order valence-electron chi connectivity index (χ2n) is 4.83.